The first-order chi connectivity index (χ1) is 8.43. The highest BCUT2D eigenvalue weighted by atomic mass is 16.7. The maximum atomic E-state index is 5.93. The quantitative estimate of drug-likeness (QED) is 0.862. The molecular weight excluding hydrogens is 218 g/mol. The highest BCUT2D eigenvalue weighted by Gasteiger charge is 2.21. The fourth-order valence-electron chi connectivity index (χ4n) is 2.20. The Bertz CT molecular complexity index is 428. The van der Waals surface area contributed by atoms with Gasteiger partial charge in [0.15, 0.2) is 12.6 Å². The molecule has 1 fully saturated rings. The van der Waals surface area contributed by atoms with Crippen LogP contribution in [0.3, 0.4) is 0 Å². The molecule has 5 nitrogen and oxygen atoms in total. The van der Waals surface area contributed by atoms with Gasteiger partial charge >= 0.3 is 0 Å². The molecule has 0 radical (unpaired) electrons. The minimum atomic E-state index is 0.298. The van der Waals surface area contributed by atoms with E-state index in [9.17, 15) is 0 Å². The molecule has 2 aliphatic rings. The largest absolute Gasteiger partial charge is 0.474 e. The van der Waals surface area contributed by atoms with E-state index in [1.165, 1.54) is 12.8 Å². The molecule has 1 aromatic heterocycles. The average Bonchev–Trinajstić information content (AvgIpc) is 3.01. The van der Waals surface area contributed by atoms with Crippen molar-refractivity contribution in [2.45, 2.75) is 31.8 Å². The third kappa shape index (κ3) is 2.24. The van der Waals surface area contributed by atoms with Crippen molar-refractivity contribution in [3.63, 3.8) is 0 Å². The Kier molecular flexibility index (Phi) is 2.92. The van der Waals surface area contributed by atoms with E-state index in [1.54, 1.807) is 6.20 Å². The van der Waals surface area contributed by atoms with Gasteiger partial charge in [0.25, 0.3) is 0 Å². The van der Waals surface area contributed by atoms with Crippen molar-refractivity contribution in [2.24, 2.45) is 4.99 Å². The van der Waals surface area contributed by atoms with Crippen LogP contribution in [0.1, 0.15) is 31.2 Å². The van der Waals surface area contributed by atoms with E-state index >= 15 is 0 Å². The van der Waals surface area contributed by atoms with Crippen LogP contribution >= 0.6 is 0 Å². The average molecular weight is 233 g/mol. The number of hydrogen-bond acceptors (Lipinski definition) is 5. The van der Waals surface area contributed by atoms with Crippen molar-refractivity contribution < 1.29 is 9.57 Å². The van der Waals surface area contributed by atoms with Gasteiger partial charge in [-0.15, -0.1) is 0 Å². The predicted octanol–water partition coefficient (Wildman–Crippen LogP) is 1.64. The highest BCUT2D eigenvalue weighted by Crippen LogP contribution is 2.25. The lowest BCUT2D eigenvalue weighted by Gasteiger charge is -2.14. The van der Waals surface area contributed by atoms with Crippen LogP contribution < -0.4 is 10.2 Å². The molecule has 5 heteroatoms. The lowest BCUT2D eigenvalue weighted by atomic mass is 10.2. The molecule has 2 heterocycles. The molecule has 17 heavy (non-hydrogen) atoms. The van der Waals surface area contributed by atoms with Crippen LogP contribution in [-0.2, 0) is 4.84 Å². The molecule has 0 aromatic carbocycles. The SMILES string of the molecule is c1cnc(OC2CCCC2)c(C2=NCON2)c1. The van der Waals surface area contributed by atoms with Gasteiger partial charge in [-0.2, -0.15) is 0 Å². The number of pyridine rings is 1. The van der Waals surface area contributed by atoms with Crippen molar-refractivity contribution in [2.75, 3.05) is 6.73 Å². The van der Waals surface area contributed by atoms with E-state index in [0.29, 0.717) is 24.6 Å². The number of hydrogen-bond donors (Lipinski definition) is 1. The lowest BCUT2D eigenvalue weighted by molar-refractivity contribution is 0.115. The van der Waals surface area contributed by atoms with Gasteiger partial charge in [0.2, 0.25) is 5.88 Å². The fourth-order valence-corrected chi connectivity index (χ4v) is 2.20. The van der Waals surface area contributed by atoms with Crippen molar-refractivity contribution >= 4 is 5.84 Å². The molecule has 0 saturated heterocycles. The Balaban J connectivity index is 1.82. The van der Waals surface area contributed by atoms with Gasteiger partial charge in [-0.1, -0.05) is 0 Å². The summed E-state index contributed by atoms with van der Waals surface area (Å²) in [7, 11) is 0. The zero-order chi connectivity index (χ0) is 11.5. The molecule has 0 unspecified atom stereocenters. The highest BCUT2D eigenvalue weighted by molar-refractivity contribution is 6.00. The number of aliphatic imine (C=N–C) groups is 1. The van der Waals surface area contributed by atoms with Gasteiger partial charge in [-0.3, -0.25) is 4.84 Å². The van der Waals surface area contributed by atoms with Crippen molar-refractivity contribution in [3.8, 4) is 5.88 Å². The molecule has 0 bridgehead atoms. The van der Waals surface area contributed by atoms with Gasteiger partial charge in [0.1, 0.15) is 6.10 Å². The van der Waals surface area contributed by atoms with Gasteiger partial charge < -0.3 is 4.74 Å². The summed E-state index contributed by atoms with van der Waals surface area (Å²) < 4.78 is 5.93. The summed E-state index contributed by atoms with van der Waals surface area (Å²) in [6.45, 7) is 0.340. The Morgan fingerprint density at radius 3 is 3.00 bits per heavy atom. The number of nitrogens with zero attached hydrogens (tertiary/aromatic N) is 2. The number of aromatic nitrogens is 1. The van der Waals surface area contributed by atoms with E-state index < -0.39 is 0 Å². The summed E-state index contributed by atoms with van der Waals surface area (Å²) in [6, 6.07) is 3.82. The summed E-state index contributed by atoms with van der Waals surface area (Å²) >= 11 is 0. The maximum Gasteiger partial charge on any atom is 0.224 e. The van der Waals surface area contributed by atoms with Crippen LogP contribution in [0.5, 0.6) is 5.88 Å². The van der Waals surface area contributed by atoms with E-state index in [1.807, 2.05) is 12.1 Å². The molecule has 90 valence electrons. The van der Waals surface area contributed by atoms with Gasteiger partial charge in [-0.25, -0.2) is 15.5 Å². The summed E-state index contributed by atoms with van der Waals surface area (Å²) in [5, 5.41) is 0. The van der Waals surface area contributed by atoms with Gasteiger partial charge in [0.05, 0.1) is 5.56 Å². The van der Waals surface area contributed by atoms with Crippen LogP contribution in [0, 0.1) is 0 Å². The Morgan fingerprint density at radius 1 is 1.35 bits per heavy atom. The lowest BCUT2D eigenvalue weighted by Crippen LogP contribution is -2.21. The second-order valence-electron chi connectivity index (χ2n) is 4.26. The monoisotopic (exact) mass is 233 g/mol. The molecule has 0 spiro atoms. The van der Waals surface area contributed by atoms with Crippen LogP contribution in [0.4, 0.5) is 0 Å². The molecule has 1 aliphatic heterocycles. The molecule has 1 saturated carbocycles. The summed E-state index contributed by atoms with van der Waals surface area (Å²) in [5.74, 6) is 1.35. The molecule has 1 aliphatic carbocycles. The minimum Gasteiger partial charge on any atom is -0.474 e. The summed E-state index contributed by atoms with van der Waals surface area (Å²) in [4.78, 5) is 13.5. The number of rotatable bonds is 3. The topological polar surface area (TPSA) is 55.7 Å². The molecular formula is C12H15N3O2. The fraction of sp³-hybridized carbons (Fsp3) is 0.500. The second kappa shape index (κ2) is 4.71. The van der Waals surface area contributed by atoms with Crippen LogP contribution in [0.25, 0.3) is 0 Å². The van der Waals surface area contributed by atoms with Crippen molar-refractivity contribution in [3.05, 3.63) is 23.9 Å². The first-order valence-corrected chi connectivity index (χ1v) is 5.98. The van der Waals surface area contributed by atoms with Crippen molar-refractivity contribution in [1.29, 1.82) is 0 Å². The van der Waals surface area contributed by atoms with Crippen LogP contribution in [0.2, 0.25) is 0 Å². The van der Waals surface area contributed by atoms with E-state index in [0.717, 1.165) is 18.4 Å². The summed E-state index contributed by atoms with van der Waals surface area (Å²) in [5.41, 5.74) is 3.64. The van der Waals surface area contributed by atoms with Gasteiger partial charge in [-0.05, 0) is 37.8 Å². The summed E-state index contributed by atoms with van der Waals surface area (Å²) in [6.07, 6.45) is 6.76. The third-order valence-electron chi connectivity index (χ3n) is 3.06. The van der Waals surface area contributed by atoms with E-state index in [2.05, 4.69) is 15.5 Å². The Labute approximate surface area is 99.8 Å². The number of amidine groups is 1. The maximum absolute atomic E-state index is 5.93. The number of hydroxylamine groups is 1. The van der Waals surface area contributed by atoms with E-state index in [4.69, 9.17) is 9.57 Å². The molecule has 0 amide bonds. The molecule has 1 N–H and O–H groups in total. The van der Waals surface area contributed by atoms with Crippen LogP contribution in [-0.4, -0.2) is 23.7 Å². The zero-order valence-electron chi connectivity index (χ0n) is 9.56. The first-order valence-electron chi connectivity index (χ1n) is 5.98. The normalized spacial score (nSPS) is 20.1. The standard InChI is InChI=1S/C12H15N3O2/c1-2-5-9(4-1)17-12-10(6-3-7-13-12)11-14-8-16-15-11/h3,6-7,9H,1-2,4-5,8H2,(H,14,15). The molecule has 1 aromatic rings. The third-order valence-corrected chi connectivity index (χ3v) is 3.06. The predicted molar refractivity (Wildman–Crippen MR) is 62.7 cm³/mol. The van der Waals surface area contributed by atoms with Crippen LogP contribution in [0.15, 0.2) is 23.3 Å². The smallest absolute Gasteiger partial charge is 0.224 e. The van der Waals surface area contributed by atoms with Crippen molar-refractivity contribution in [1.82, 2.24) is 10.5 Å². The molecule has 3 rings (SSSR count). The first kappa shape index (κ1) is 10.5. The molecule has 0 atom stereocenters. The minimum absolute atomic E-state index is 0.298. The Hall–Kier alpha value is -1.62. The number of ether oxygens (including phenoxy) is 1. The van der Waals surface area contributed by atoms with Gasteiger partial charge in [0, 0.05) is 6.20 Å². The zero-order valence-corrected chi connectivity index (χ0v) is 9.56. The Morgan fingerprint density at radius 2 is 2.24 bits per heavy atom. The number of nitrogens with one attached hydrogen (secondary N) is 1. The second-order valence-corrected chi connectivity index (χ2v) is 4.26. The van der Waals surface area contributed by atoms with E-state index in [-0.39, 0.29) is 0 Å².